The fourth-order valence-electron chi connectivity index (χ4n) is 3.65. The highest BCUT2D eigenvalue weighted by Gasteiger charge is 2.21. The van der Waals surface area contributed by atoms with Gasteiger partial charge in [-0.3, -0.25) is 4.90 Å². The molecule has 2 heterocycles. The van der Waals surface area contributed by atoms with Crippen molar-refractivity contribution in [1.29, 1.82) is 0 Å². The first kappa shape index (κ1) is 20.7. The number of nitrogens with one attached hydrogen (secondary N) is 1. The summed E-state index contributed by atoms with van der Waals surface area (Å²) in [6, 6.07) is 12.2. The van der Waals surface area contributed by atoms with Crippen molar-refractivity contribution in [2.75, 3.05) is 33.3 Å². The van der Waals surface area contributed by atoms with Crippen LogP contribution in [-0.2, 0) is 13.1 Å². The van der Waals surface area contributed by atoms with E-state index in [0.29, 0.717) is 19.1 Å². The molecule has 6 heteroatoms. The second-order valence-corrected chi connectivity index (χ2v) is 8.47. The Labute approximate surface area is 172 Å². The van der Waals surface area contributed by atoms with Crippen LogP contribution in [0, 0.1) is 5.92 Å². The lowest BCUT2D eigenvalue weighted by molar-refractivity contribution is 0.162. The van der Waals surface area contributed by atoms with E-state index in [1.165, 1.54) is 17.7 Å². The fraction of sp³-hybridized carbons (Fsp3) is 0.500. The average molecular weight is 402 g/mol. The fourth-order valence-corrected chi connectivity index (χ4v) is 4.40. The number of piperidine rings is 1. The lowest BCUT2D eigenvalue weighted by Gasteiger charge is -2.32. The minimum absolute atomic E-state index is 0.00994. The Kier molecular flexibility index (Phi) is 7.74. The number of carbonyl (C=O) groups is 1. The predicted octanol–water partition coefficient (Wildman–Crippen LogP) is 4.20. The van der Waals surface area contributed by atoms with Gasteiger partial charge in [0.2, 0.25) is 0 Å². The summed E-state index contributed by atoms with van der Waals surface area (Å²) in [4.78, 5) is 18.1. The smallest absolute Gasteiger partial charge is 0.317 e. The van der Waals surface area contributed by atoms with Gasteiger partial charge in [-0.1, -0.05) is 18.2 Å². The van der Waals surface area contributed by atoms with E-state index in [9.17, 15) is 4.79 Å². The molecule has 28 heavy (non-hydrogen) atoms. The molecule has 1 saturated heterocycles. The van der Waals surface area contributed by atoms with E-state index in [2.05, 4.69) is 27.7 Å². The zero-order chi connectivity index (χ0) is 19.8. The van der Waals surface area contributed by atoms with Gasteiger partial charge in [0.15, 0.2) is 0 Å². The van der Waals surface area contributed by atoms with Gasteiger partial charge in [-0.2, -0.15) is 0 Å². The summed E-state index contributed by atoms with van der Waals surface area (Å²) >= 11 is 1.82. The Bertz CT molecular complexity index is 718. The Hall–Kier alpha value is -2.05. The first-order chi connectivity index (χ1) is 13.6. The monoisotopic (exact) mass is 401 g/mol. The third-order valence-electron chi connectivity index (χ3n) is 5.11. The first-order valence-electron chi connectivity index (χ1n) is 10.1. The van der Waals surface area contributed by atoms with Crippen molar-refractivity contribution in [3.05, 3.63) is 52.2 Å². The molecule has 0 radical (unpaired) electrons. The Morgan fingerprint density at radius 1 is 1.32 bits per heavy atom. The Morgan fingerprint density at radius 2 is 2.14 bits per heavy atom. The number of likely N-dealkylation sites (tertiary alicyclic amines) is 1. The molecule has 1 aliphatic heterocycles. The van der Waals surface area contributed by atoms with Crippen LogP contribution >= 0.6 is 11.3 Å². The Balaban J connectivity index is 1.41. The van der Waals surface area contributed by atoms with E-state index in [4.69, 9.17) is 4.74 Å². The molecule has 5 nitrogen and oxygen atoms in total. The molecular formula is C22H31N3O2S. The largest absolute Gasteiger partial charge is 0.494 e. The highest BCUT2D eigenvalue weighted by Crippen LogP contribution is 2.20. The number of benzene rings is 1. The standard InChI is InChI=1S/C22H31N3O2S/c1-3-27-20-10-8-18(9-11-20)15-24(2)22(26)23-14-19-6-4-12-25(16-19)17-21-7-5-13-28-21/h5,7-11,13,19H,3-4,6,12,14-17H2,1-2H3,(H,23,26). The van der Waals surface area contributed by atoms with E-state index < -0.39 is 0 Å². The van der Waals surface area contributed by atoms with Crippen LogP contribution in [0.4, 0.5) is 4.79 Å². The number of nitrogens with zero attached hydrogens (tertiary/aromatic N) is 2. The van der Waals surface area contributed by atoms with Crippen LogP contribution in [0.2, 0.25) is 0 Å². The maximum atomic E-state index is 12.5. The molecule has 0 bridgehead atoms. The number of ether oxygens (including phenoxy) is 1. The Morgan fingerprint density at radius 3 is 2.86 bits per heavy atom. The SMILES string of the molecule is CCOc1ccc(CN(C)C(=O)NCC2CCCN(Cc3cccs3)C2)cc1. The molecule has 1 unspecified atom stereocenters. The van der Waals surface area contributed by atoms with Crippen molar-refractivity contribution in [2.24, 2.45) is 5.92 Å². The van der Waals surface area contributed by atoms with Crippen molar-refractivity contribution in [3.8, 4) is 5.75 Å². The topological polar surface area (TPSA) is 44.8 Å². The zero-order valence-electron chi connectivity index (χ0n) is 16.9. The lowest BCUT2D eigenvalue weighted by Crippen LogP contribution is -2.43. The van der Waals surface area contributed by atoms with Crippen LogP contribution in [-0.4, -0.2) is 49.1 Å². The van der Waals surface area contributed by atoms with E-state index in [1.807, 2.05) is 49.6 Å². The summed E-state index contributed by atoms with van der Waals surface area (Å²) in [5.41, 5.74) is 1.10. The molecule has 0 spiro atoms. The molecular weight excluding hydrogens is 370 g/mol. The second kappa shape index (κ2) is 10.5. The third kappa shape index (κ3) is 6.24. The van der Waals surface area contributed by atoms with Gasteiger partial charge in [0, 0.05) is 38.1 Å². The molecule has 1 N–H and O–H groups in total. The molecule has 1 aromatic carbocycles. The van der Waals surface area contributed by atoms with Crippen molar-refractivity contribution in [2.45, 2.75) is 32.9 Å². The minimum atomic E-state index is -0.00994. The van der Waals surface area contributed by atoms with E-state index >= 15 is 0 Å². The molecule has 3 rings (SSSR count). The highest BCUT2D eigenvalue weighted by atomic mass is 32.1. The van der Waals surface area contributed by atoms with Gasteiger partial charge >= 0.3 is 6.03 Å². The first-order valence-corrected chi connectivity index (χ1v) is 11.0. The van der Waals surface area contributed by atoms with Crippen molar-refractivity contribution in [3.63, 3.8) is 0 Å². The summed E-state index contributed by atoms with van der Waals surface area (Å²) in [7, 11) is 1.84. The molecule has 1 aliphatic rings. The maximum absolute atomic E-state index is 12.5. The number of amides is 2. The van der Waals surface area contributed by atoms with Gasteiger partial charge in [0.25, 0.3) is 0 Å². The predicted molar refractivity (Wildman–Crippen MR) is 115 cm³/mol. The van der Waals surface area contributed by atoms with Gasteiger partial charge < -0.3 is 15.0 Å². The number of carbonyl (C=O) groups excluding carboxylic acids is 1. The summed E-state index contributed by atoms with van der Waals surface area (Å²) in [5, 5.41) is 5.26. The lowest BCUT2D eigenvalue weighted by atomic mass is 9.98. The molecule has 152 valence electrons. The normalized spacial score (nSPS) is 17.3. The molecule has 2 amide bonds. The van der Waals surface area contributed by atoms with Gasteiger partial charge in [-0.05, 0) is 61.4 Å². The van der Waals surface area contributed by atoms with Gasteiger partial charge in [-0.15, -0.1) is 11.3 Å². The molecule has 1 aromatic heterocycles. The van der Waals surface area contributed by atoms with Crippen LogP contribution in [0.15, 0.2) is 41.8 Å². The van der Waals surface area contributed by atoms with Gasteiger partial charge in [-0.25, -0.2) is 4.79 Å². The van der Waals surface area contributed by atoms with Gasteiger partial charge in [0.05, 0.1) is 6.61 Å². The molecule has 0 saturated carbocycles. The summed E-state index contributed by atoms with van der Waals surface area (Å²) in [5.74, 6) is 1.39. The number of hydrogen-bond donors (Lipinski definition) is 1. The van der Waals surface area contributed by atoms with Crippen LogP contribution in [0.25, 0.3) is 0 Å². The summed E-state index contributed by atoms with van der Waals surface area (Å²) in [6.45, 7) is 7.20. The number of thiophene rings is 1. The van der Waals surface area contributed by atoms with Crippen LogP contribution in [0.5, 0.6) is 5.75 Å². The zero-order valence-corrected chi connectivity index (χ0v) is 17.7. The highest BCUT2D eigenvalue weighted by molar-refractivity contribution is 7.09. The van der Waals surface area contributed by atoms with E-state index in [0.717, 1.165) is 37.5 Å². The van der Waals surface area contributed by atoms with Crippen molar-refractivity contribution in [1.82, 2.24) is 15.1 Å². The average Bonchev–Trinajstić information content (AvgIpc) is 3.21. The van der Waals surface area contributed by atoms with E-state index in [-0.39, 0.29) is 6.03 Å². The summed E-state index contributed by atoms with van der Waals surface area (Å²) < 4.78 is 5.46. The van der Waals surface area contributed by atoms with Crippen molar-refractivity contribution < 1.29 is 9.53 Å². The van der Waals surface area contributed by atoms with Crippen LogP contribution in [0.3, 0.4) is 0 Å². The van der Waals surface area contributed by atoms with E-state index in [1.54, 1.807) is 4.90 Å². The number of hydrogen-bond acceptors (Lipinski definition) is 4. The molecule has 1 atom stereocenters. The van der Waals surface area contributed by atoms with Crippen molar-refractivity contribution >= 4 is 17.4 Å². The third-order valence-corrected chi connectivity index (χ3v) is 5.97. The summed E-state index contributed by atoms with van der Waals surface area (Å²) in [6.07, 6.45) is 2.39. The molecule has 1 fully saturated rings. The molecule has 2 aromatic rings. The maximum Gasteiger partial charge on any atom is 0.317 e. The second-order valence-electron chi connectivity index (χ2n) is 7.44. The van der Waals surface area contributed by atoms with Gasteiger partial charge in [0.1, 0.15) is 5.75 Å². The number of urea groups is 1. The quantitative estimate of drug-likeness (QED) is 0.721. The van der Waals surface area contributed by atoms with Crippen LogP contribution in [0.1, 0.15) is 30.2 Å². The van der Waals surface area contributed by atoms with Crippen LogP contribution < -0.4 is 10.1 Å². The minimum Gasteiger partial charge on any atom is -0.494 e. The molecule has 0 aliphatic carbocycles. The number of rotatable bonds is 8.